The topological polar surface area (TPSA) is 34.1 Å². The monoisotopic (exact) mass is 434 g/mol. The second-order valence-electron chi connectivity index (χ2n) is 8.28. The summed E-state index contributed by atoms with van der Waals surface area (Å²) in [7, 11) is 1.77. The maximum absolute atomic E-state index is 6.26. The highest BCUT2D eigenvalue weighted by atomic mass is 35.5. The van der Waals surface area contributed by atoms with Crippen molar-refractivity contribution < 1.29 is 4.74 Å². The van der Waals surface area contributed by atoms with Gasteiger partial charge in [-0.25, -0.2) is 0 Å². The Hall–Kier alpha value is -2.52. The van der Waals surface area contributed by atoms with Crippen LogP contribution in [-0.4, -0.2) is 12.1 Å². The van der Waals surface area contributed by atoms with Gasteiger partial charge in [-0.05, 0) is 67.9 Å². The molecule has 1 atom stereocenters. The van der Waals surface area contributed by atoms with E-state index in [-0.39, 0.29) is 6.04 Å². The van der Waals surface area contributed by atoms with Gasteiger partial charge in [0.15, 0.2) is 0 Å². The molecule has 31 heavy (non-hydrogen) atoms. The van der Waals surface area contributed by atoms with E-state index in [9.17, 15) is 0 Å². The van der Waals surface area contributed by atoms with Crippen LogP contribution in [0.4, 0.5) is 5.69 Å². The maximum Gasteiger partial charge on any atom is 0.128 e. The predicted octanol–water partition coefficient (Wildman–Crippen LogP) is 7.33. The number of hydrogen-bond donors (Lipinski definition) is 1. The van der Waals surface area contributed by atoms with Gasteiger partial charge in [0.25, 0.3) is 0 Å². The second kappa shape index (κ2) is 9.32. The van der Waals surface area contributed by atoms with E-state index >= 15 is 0 Å². The van der Waals surface area contributed by atoms with E-state index in [0.717, 1.165) is 60.0 Å². The van der Waals surface area contributed by atoms with Gasteiger partial charge < -0.3 is 10.1 Å². The number of pyridine rings is 1. The second-order valence-corrected chi connectivity index (χ2v) is 8.71. The summed E-state index contributed by atoms with van der Waals surface area (Å²) < 4.78 is 5.94. The van der Waals surface area contributed by atoms with Crippen LogP contribution >= 0.6 is 11.6 Å². The van der Waals surface area contributed by atoms with E-state index in [0.29, 0.717) is 0 Å². The first kappa shape index (κ1) is 21.7. The summed E-state index contributed by atoms with van der Waals surface area (Å²) in [5.74, 6) is 0.921. The van der Waals surface area contributed by atoms with E-state index in [1.165, 1.54) is 27.8 Å². The summed E-state index contributed by atoms with van der Waals surface area (Å²) >= 11 is 6.26. The van der Waals surface area contributed by atoms with Crippen LogP contribution in [-0.2, 0) is 19.3 Å². The van der Waals surface area contributed by atoms with Crippen LogP contribution in [0.25, 0.3) is 11.3 Å². The number of nitrogens with zero attached hydrogens (tertiary/aromatic N) is 1. The molecule has 4 heteroatoms. The summed E-state index contributed by atoms with van der Waals surface area (Å²) in [6.07, 6.45) is 5.09. The standard InChI is InChI=1S/C27H31ClN2O/c1-5-18-9-7-10-19(6-2)26(18)24-16-25(31-4)27-21(11-8-12-22(27)30-24)29-23-15-20(28)14-13-17(23)3/h7,9-10,13-16,21,29H,5-6,8,11-12H2,1-4H3. The van der Waals surface area contributed by atoms with E-state index in [1.54, 1.807) is 7.11 Å². The lowest BCUT2D eigenvalue weighted by atomic mass is 9.88. The number of ether oxygens (including phenoxy) is 1. The smallest absolute Gasteiger partial charge is 0.128 e. The molecule has 3 nitrogen and oxygen atoms in total. The molecule has 0 fully saturated rings. The molecule has 2 aromatic carbocycles. The first-order valence-electron chi connectivity index (χ1n) is 11.3. The lowest BCUT2D eigenvalue weighted by Gasteiger charge is -2.29. The van der Waals surface area contributed by atoms with Crippen molar-refractivity contribution in [2.75, 3.05) is 12.4 Å². The number of nitrogens with one attached hydrogen (secondary N) is 1. The summed E-state index contributed by atoms with van der Waals surface area (Å²) in [5, 5.41) is 4.46. The van der Waals surface area contributed by atoms with Crippen molar-refractivity contribution in [2.24, 2.45) is 0 Å². The Labute approximate surface area is 190 Å². The number of aryl methyl sites for hydroxylation is 4. The molecule has 0 aliphatic heterocycles. The van der Waals surface area contributed by atoms with Crippen molar-refractivity contribution in [3.8, 4) is 17.0 Å². The maximum atomic E-state index is 6.26. The van der Waals surface area contributed by atoms with Crippen molar-refractivity contribution in [1.82, 2.24) is 4.98 Å². The molecule has 1 aromatic heterocycles. The Morgan fingerprint density at radius 2 is 1.84 bits per heavy atom. The van der Waals surface area contributed by atoms with Gasteiger partial charge in [-0.2, -0.15) is 0 Å². The quantitative estimate of drug-likeness (QED) is 0.440. The summed E-state index contributed by atoms with van der Waals surface area (Å²) in [6, 6.07) is 14.9. The van der Waals surface area contributed by atoms with Gasteiger partial charge in [0.2, 0.25) is 0 Å². The van der Waals surface area contributed by atoms with Gasteiger partial charge in [-0.3, -0.25) is 4.98 Å². The van der Waals surface area contributed by atoms with Crippen LogP contribution in [0.1, 0.15) is 60.7 Å². The van der Waals surface area contributed by atoms with Crippen LogP contribution in [0.2, 0.25) is 5.02 Å². The molecule has 162 valence electrons. The molecule has 0 spiro atoms. The zero-order valence-electron chi connectivity index (χ0n) is 18.9. The van der Waals surface area contributed by atoms with Crippen molar-refractivity contribution >= 4 is 17.3 Å². The minimum atomic E-state index is 0.157. The Morgan fingerprint density at radius 1 is 1.10 bits per heavy atom. The Balaban J connectivity index is 1.80. The fourth-order valence-corrected chi connectivity index (χ4v) is 4.89. The van der Waals surface area contributed by atoms with Crippen molar-refractivity contribution in [2.45, 2.75) is 58.9 Å². The molecule has 1 heterocycles. The van der Waals surface area contributed by atoms with Gasteiger partial charge in [0, 0.05) is 27.9 Å². The average molecular weight is 435 g/mol. The molecule has 3 aromatic rings. The number of benzene rings is 2. The first-order chi connectivity index (χ1) is 15.0. The van der Waals surface area contributed by atoms with Crippen molar-refractivity contribution in [3.63, 3.8) is 0 Å². The van der Waals surface area contributed by atoms with Crippen LogP contribution in [0, 0.1) is 6.92 Å². The van der Waals surface area contributed by atoms with Crippen molar-refractivity contribution in [1.29, 1.82) is 0 Å². The summed E-state index contributed by atoms with van der Waals surface area (Å²) in [4.78, 5) is 5.20. The van der Waals surface area contributed by atoms with Crippen LogP contribution in [0.3, 0.4) is 0 Å². The Morgan fingerprint density at radius 3 is 2.52 bits per heavy atom. The zero-order chi connectivity index (χ0) is 22.0. The van der Waals surface area contributed by atoms with Crippen molar-refractivity contribution in [3.05, 3.63) is 75.4 Å². The zero-order valence-corrected chi connectivity index (χ0v) is 19.6. The molecule has 1 aliphatic carbocycles. The molecule has 0 amide bonds. The number of fused-ring (bicyclic) bond motifs is 1. The largest absolute Gasteiger partial charge is 0.496 e. The van der Waals surface area contributed by atoms with Gasteiger partial charge >= 0.3 is 0 Å². The van der Waals surface area contributed by atoms with E-state index in [4.69, 9.17) is 21.3 Å². The van der Waals surface area contributed by atoms with E-state index in [2.05, 4.69) is 56.4 Å². The lowest BCUT2D eigenvalue weighted by molar-refractivity contribution is 0.400. The van der Waals surface area contributed by atoms with Gasteiger partial charge in [0.1, 0.15) is 5.75 Å². The molecule has 0 saturated carbocycles. The number of methoxy groups -OCH3 is 1. The minimum Gasteiger partial charge on any atom is -0.496 e. The molecule has 4 rings (SSSR count). The van der Waals surface area contributed by atoms with E-state index < -0.39 is 0 Å². The molecule has 1 unspecified atom stereocenters. The normalized spacial score (nSPS) is 15.5. The highest BCUT2D eigenvalue weighted by Gasteiger charge is 2.27. The molecule has 0 saturated heterocycles. The number of rotatable bonds is 6. The van der Waals surface area contributed by atoms with Gasteiger partial charge in [-0.1, -0.05) is 49.7 Å². The third kappa shape index (κ3) is 4.29. The minimum absolute atomic E-state index is 0.157. The molecule has 0 bridgehead atoms. The molecule has 0 radical (unpaired) electrons. The molecule has 1 aliphatic rings. The summed E-state index contributed by atoms with van der Waals surface area (Å²) in [6.45, 7) is 6.53. The van der Waals surface area contributed by atoms with Gasteiger partial charge in [-0.15, -0.1) is 0 Å². The number of aromatic nitrogens is 1. The third-order valence-corrected chi connectivity index (χ3v) is 6.59. The van der Waals surface area contributed by atoms with Crippen LogP contribution in [0.5, 0.6) is 5.75 Å². The molecular formula is C27H31ClN2O. The fourth-order valence-electron chi connectivity index (χ4n) is 4.71. The molecule has 1 N–H and O–H groups in total. The SMILES string of the molecule is CCc1cccc(CC)c1-c1cc(OC)c2c(n1)CCCC2Nc1cc(Cl)ccc1C. The predicted molar refractivity (Wildman–Crippen MR) is 130 cm³/mol. The number of anilines is 1. The lowest BCUT2D eigenvalue weighted by Crippen LogP contribution is -2.20. The van der Waals surface area contributed by atoms with E-state index in [1.807, 2.05) is 12.1 Å². The Kier molecular flexibility index (Phi) is 6.52. The average Bonchev–Trinajstić information content (AvgIpc) is 2.80. The fraction of sp³-hybridized carbons (Fsp3) is 0.370. The third-order valence-electron chi connectivity index (χ3n) is 6.36. The summed E-state index contributed by atoms with van der Waals surface area (Å²) in [5.41, 5.74) is 9.57. The number of halogens is 1. The highest BCUT2D eigenvalue weighted by molar-refractivity contribution is 6.30. The number of hydrogen-bond acceptors (Lipinski definition) is 3. The van der Waals surface area contributed by atoms with Crippen LogP contribution in [0.15, 0.2) is 42.5 Å². The Bertz CT molecular complexity index is 1050. The highest BCUT2D eigenvalue weighted by Crippen LogP contribution is 2.41. The molecular weight excluding hydrogens is 404 g/mol. The van der Waals surface area contributed by atoms with Gasteiger partial charge in [0.05, 0.1) is 24.5 Å². The first-order valence-corrected chi connectivity index (χ1v) is 11.6. The van der Waals surface area contributed by atoms with Crippen LogP contribution < -0.4 is 10.1 Å².